The van der Waals surface area contributed by atoms with Crippen LogP contribution in [-0.2, 0) is 24.2 Å². The van der Waals surface area contributed by atoms with Crippen molar-refractivity contribution in [2.45, 2.75) is 45.3 Å². The molecule has 94 valence electrons. The molecule has 1 aliphatic rings. The van der Waals surface area contributed by atoms with Crippen LogP contribution in [0.15, 0.2) is 18.2 Å². The van der Waals surface area contributed by atoms with Gasteiger partial charge < -0.3 is 10.1 Å². The minimum atomic E-state index is 0.667. The molecule has 0 amide bonds. The van der Waals surface area contributed by atoms with E-state index in [-0.39, 0.29) is 0 Å². The summed E-state index contributed by atoms with van der Waals surface area (Å²) in [5.74, 6) is 0. The molecule has 1 unspecified atom stereocenters. The van der Waals surface area contributed by atoms with Crippen LogP contribution < -0.4 is 5.32 Å². The van der Waals surface area contributed by atoms with E-state index in [0.717, 1.165) is 13.2 Å². The summed E-state index contributed by atoms with van der Waals surface area (Å²) in [4.78, 5) is 0. The zero-order valence-electron chi connectivity index (χ0n) is 11.0. The molecule has 0 saturated heterocycles. The smallest absolute Gasteiger partial charge is 0.0715 e. The molecule has 0 aliphatic heterocycles. The molecule has 2 heteroatoms. The fourth-order valence-corrected chi connectivity index (χ4v) is 2.70. The minimum Gasteiger partial charge on any atom is -0.380 e. The first-order chi connectivity index (χ1) is 8.35. The van der Waals surface area contributed by atoms with Crippen LogP contribution in [-0.4, -0.2) is 19.7 Å². The largest absolute Gasteiger partial charge is 0.380 e. The fraction of sp³-hybridized carbons (Fsp3) is 0.600. The molecule has 0 bridgehead atoms. The lowest BCUT2D eigenvalue weighted by atomic mass is 9.85. The lowest BCUT2D eigenvalue weighted by molar-refractivity contribution is 0.183. The molecule has 0 fully saturated rings. The Hall–Kier alpha value is -0.860. The summed E-state index contributed by atoms with van der Waals surface area (Å²) >= 11 is 0. The standard InChI is InChI=1S/C15H23NO/c1-3-9-16-14-7-8-15-12(10-14)5-4-6-13(15)11-17-2/h4-6,14,16H,3,7-11H2,1-2H3. The van der Waals surface area contributed by atoms with Crippen LogP contribution in [0.2, 0.25) is 0 Å². The van der Waals surface area contributed by atoms with Gasteiger partial charge in [0.25, 0.3) is 0 Å². The van der Waals surface area contributed by atoms with Gasteiger partial charge in [-0.1, -0.05) is 25.1 Å². The first-order valence-electron chi connectivity index (χ1n) is 6.67. The van der Waals surface area contributed by atoms with Gasteiger partial charge in [-0.25, -0.2) is 0 Å². The van der Waals surface area contributed by atoms with Crippen LogP contribution >= 0.6 is 0 Å². The van der Waals surface area contributed by atoms with Crippen molar-refractivity contribution in [1.82, 2.24) is 5.32 Å². The molecular formula is C15H23NO. The highest BCUT2D eigenvalue weighted by molar-refractivity contribution is 5.37. The summed E-state index contributed by atoms with van der Waals surface area (Å²) in [6, 6.07) is 7.30. The molecule has 0 spiro atoms. The van der Waals surface area contributed by atoms with Gasteiger partial charge in [-0.3, -0.25) is 0 Å². The van der Waals surface area contributed by atoms with Crippen LogP contribution in [0.5, 0.6) is 0 Å². The van der Waals surface area contributed by atoms with E-state index in [0.29, 0.717) is 6.04 Å². The summed E-state index contributed by atoms with van der Waals surface area (Å²) < 4.78 is 5.27. The van der Waals surface area contributed by atoms with Gasteiger partial charge in [0.15, 0.2) is 0 Å². The summed E-state index contributed by atoms with van der Waals surface area (Å²) in [7, 11) is 1.77. The lowest BCUT2D eigenvalue weighted by Gasteiger charge is -2.27. The number of methoxy groups -OCH3 is 1. The van der Waals surface area contributed by atoms with Gasteiger partial charge in [0.1, 0.15) is 0 Å². The molecule has 1 atom stereocenters. The molecule has 1 aliphatic carbocycles. The highest BCUT2D eigenvalue weighted by Crippen LogP contribution is 2.25. The molecule has 2 rings (SSSR count). The van der Waals surface area contributed by atoms with Gasteiger partial charge in [0, 0.05) is 13.2 Å². The Morgan fingerprint density at radius 3 is 3.06 bits per heavy atom. The Kier molecular flexibility index (Phi) is 4.57. The van der Waals surface area contributed by atoms with E-state index < -0.39 is 0 Å². The summed E-state index contributed by atoms with van der Waals surface area (Å²) in [5, 5.41) is 3.63. The fourth-order valence-electron chi connectivity index (χ4n) is 2.70. The van der Waals surface area contributed by atoms with Gasteiger partial charge in [0.2, 0.25) is 0 Å². The predicted octanol–water partition coefficient (Wildman–Crippen LogP) is 2.69. The third-order valence-electron chi connectivity index (χ3n) is 3.56. The van der Waals surface area contributed by atoms with E-state index >= 15 is 0 Å². The number of ether oxygens (including phenoxy) is 1. The number of benzene rings is 1. The average Bonchev–Trinajstić information content (AvgIpc) is 2.37. The lowest BCUT2D eigenvalue weighted by Crippen LogP contribution is -2.35. The predicted molar refractivity (Wildman–Crippen MR) is 71.3 cm³/mol. The second-order valence-electron chi connectivity index (χ2n) is 4.88. The highest BCUT2D eigenvalue weighted by atomic mass is 16.5. The maximum atomic E-state index is 5.27. The number of hydrogen-bond donors (Lipinski definition) is 1. The maximum absolute atomic E-state index is 5.27. The molecule has 2 nitrogen and oxygen atoms in total. The van der Waals surface area contributed by atoms with E-state index in [1.807, 2.05) is 0 Å². The van der Waals surface area contributed by atoms with E-state index in [1.165, 1.54) is 42.4 Å². The summed E-state index contributed by atoms with van der Waals surface area (Å²) in [6.45, 7) is 4.11. The van der Waals surface area contributed by atoms with Crippen LogP contribution in [0.4, 0.5) is 0 Å². The zero-order chi connectivity index (χ0) is 12.1. The summed E-state index contributed by atoms with van der Waals surface area (Å²) in [5.41, 5.74) is 4.42. The number of rotatable bonds is 5. The molecule has 1 aromatic carbocycles. The van der Waals surface area contributed by atoms with Gasteiger partial charge in [-0.2, -0.15) is 0 Å². The van der Waals surface area contributed by atoms with E-state index in [2.05, 4.69) is 30.4 Å². The van der Waals surface area contributed by atoms with Gasteiger partial charge >= 0.3 is 0 Å². The Morgan fingerprint density at radius 2 is 2.29 bits per heavy atom. The third kappa shape index (κ3) is 3.08. The zero-order valence-corrected chi connectivity index (χ0v) is 11.0. The summed E-state index contributed by atoms with van der Waals surface area (Å²) in [6.07, 6.45) is 4.84. The maximum Gasteiger partial charge on any atom is 0.0715 e. The number of fused-ring (bicyclic) bond motifs is 1. The minimum absolute atomic E-state index is 0.667. The molecular weight excluding hydrogens is 210 g/mol. The van der Waals surface area contributed by atoms with E-state index in [9.17, 15) is 0 Å². The topological polar surface area (TPSA) is 21.3 Å². The van der Waals surface area contributed by atoms with Crippen molar-refractivity contribution in [3.05, 3.63) is 34.9 Å². The molecule has 1 N–H and O–H groups in total. The van der Waals surface area contributed by atoms with Crippen LogP contribution in [0.25, 0.3) is 0 Å². The molecule has 17 heavy (non-hydrogen) atoms. The molecule has 0 heterocycles. The average molecular weight is 233 g/mol. The Balaban J connectivity index is 2.08. The van der Waals surface area contributed by atoms with Crippen LogP contribution in [0.3, 0.4) is 0 Å². The van der Waals surface area contributed by atoms with Crippen molar-refractivity contribution < 1.29 is 4.74 Å². The van der Waals surface area contributed by atoms with Crippen molar-refractivity contribution >= 4 is 0 Å². The van der Waals surface area contributed by atoms with Crippen molar-refractivity contribution in [2.75, 3.05) is 13.7 Å². The highest BCUT2D eigenvalue weighted by Gasteiger charge is 2.19. The Bertz CT molecular complexity index is 362. The van der Waals surface area contributed by atoms with E-state index in [1.54, 1.807) is 7.11 Å². The molecule has 0 saturated carbocycles. The SMILES string of the molecule is CCCNC1CCc2c(COC)cccc2C1. The quantitative estimate of drug-likeness (QED) is 0.844. The van der Waals surface area contributed by atoms with Gasteiger partial charge in [0.05, 0.1) is 6.61 Å². The van der Waals surface area contributed by atoms with Crippen molar-refractivity contribution in [2.24, 2.45) is 0 Å². The van der Waals surface area contributed by atoms with Crippen molar-refractivity contribution in [3.63, 3.8) is 0 Å². The molecule has 0 aromatic heterocycles. The van der Waals surface area contributed by atoms with Gasteiger partial charge in [-0.15, -0.1) is 0 Å². The molecule has 1 aromatic rings. The number of nitrogens with one attached hydrogen (secondary N) is 1. The van der Waals surface area contributed by atoms with Gasteiger partial charge in [-0.05, 0) is 48.9 Å². The van der Waals surface area contributed by atoms with Crippen LogP contribution in [0.1, 0.15) is 36.5 Å². The van der Waals surface area contributed by atoms with Crippen molar-refractivity contribution in [1.29, 1.82) is 0 Å². The first-order valence-corrected chi connectivity index (χ1v) is 6.67. The van der Waals surface area contributed by atoms with Crippen molar-refractivity contribution in [3.8, 4) is 0 Å². The number of hydrogen-bond acceptors (Lipinski definition) is 2. The molecule has 0 radical (unpaired) electrons. The monoisotopic (exact) mass is 233 g/mol. The Morgan fingerprint density at radius 1 is 1.41 bits per heavy atom. The first kappa shape index (κ1) is 12.6. The van der Waals surface area contributed by atoms with E-state index in [4.69, 9.17) is 4.74 Å². The normalized spacial score (nSPS) is 19.1. The second kappa shape index (κ2) is 6.18. The van der Waals surface area contributed by atoms with Crippen LogP contribution in [0, 0.1) is 0 Å². The second-order valence-corrected chi connectivity index (χ2v) is 4.88. The Labute approximate surface area is 104 Å². The third-order valence-corrected chi connectivity index (χ3v) is 3.56.